The molecule has 27 heavy (non-hydrogen) atoms. The maximum Gasteiger partial charge on any atom is 0.410 e. The van der Waals surface area contributed by atoms with E-state index in [1.165, 1.54) is 5.57 Å². The van der Waals surface area contributed by atoms with Gasteiger partial charge in [0.2, 0.25) is 5.91 Å². The molecule has 2 aliphatic rings. The van der Waals surface area contributed by atoms with Gasteiger partial charge in [-0.2, -0.15) is 0 Å². The van der Waals surface area contributed by atoms with Crippen LogP contribution in [0.1, 0.15) is 45.6 Å². The van der Waals surface area contributed by atoms with E-state index in [2.05, 4.69) is 18.2 Å². The number of hydrazine groups is 1. The van der Waals surface area contributed by atoms with Gasteiger partial charge < -0.3 is 9.64 Å². The largest absolute Gasteiger partial charge is 0.444 e. The lowest BCUT2D eigenvalue weighted by molar-refractivity contribution is -0.128. The third-order valence-corrected chi connectivity index (χ3v) is 4.88. The van der Waals surface area contributed by atoms with Gasteiger partial charge >= 0.3 is 6.09 Å². The number of benzene rings is 1. The average Bonchev–Trinajstić information content (AvgIpc) is 3.06. The van der Waals surface area contributed by atoms with Crippen molar-refractivity contribution in [2.45, 2.75) is 45.6 Å². The van der Waals surface area contributed by atoms with Gasteiger partial charge in [-0.25, -0.2) is 4.79 Å². The number of hydrogen-bond donors (Lipinski definition) is 0. The zero-order valence-electron chi connectivity index (χ0n) is 16.7. The number of rotatable bonds is 3. The summed E-state index contributed by atoms with van der Waals surface area (Å²) in [5, 5.41) is 3.73. The summed E-state index contributed by atoms with van der Waals surface area (Å²) in [6.45, 7) is 7.64. The van der Waals surface area contributed by atoms with Crippen LogP contribution >= 0.6 is 0 Å². The zero-order valence-corrected chi connectivity index (χ0v) is 16.7. The second-order valence-corrected chi connectivity index (χ2v) is 8.10. The number of carbonyl (C=O) groups is 2. The van der Waals surface area contributed by atoms with Crippen LogP contribution in [-0.2, 0) is 9.53 Å². The molecule has 2 heterocycles. The van der Waals surface area contributed by atoms with E-state index < -0.39 is 5.60 Å². The summed E-state index contributed by atoms with van der Waals surface area (Å²) in [6.07, 6.45) is 4.19. The molecule has 1 saturated heterocycles. The first-order valence-corrected chi connectivity index (χ1v) is 9.56. The summed E-state index contributed by atoms with van der Waals surface area (Å²) in [5.41, 5.74) is 2.92. The van der Waals surface area contributed by atoms with Crippen LogP contribution in [0, 0.1) is 0 Å². The maximum absolute atomic E-state index is 12.2. The minimum Gasteiger partial charge on any atom is -0.444 e. The first-order chi connectivity index (χ1) is 12.7. The van der Waals surface area contributed by atoms with Crippen LogP contribution < -0.4 is 5.01 Å². The number of carbonyl (C=O) groups excluding carboxylic acids is 2. The Bertz CT molecular complexity index is 734. The van der Waals surface area contributed by atoms with Crippen molar-refractivity contribution >= 4 is 23.3 Å². The van der Waals surface area contributed by atoms with Crippen LogP contribution in [0.3, 0.4) is 0 Å². The molecule has 1 fully saturated rings. The fourth-order valence-electron chi connectivity index (χ4n) is 3.41. The number of nitrogens with zero attached hydrogens (tertiary/aromatic N) is 3. The molecule has 3 rings (SSSR count). The van der Waals surface area contributed by atoms with Gasteiger partial charge in [0.15, 0.2) is 0 Å². The fourth-order valence-corrected chi connectivity index (χ4v) is 3.41. The summed E-state index contributed by atoms with van der Waals surface area (Å²) in [5.74, 6) is 0.179. The molecule has 0 N–H and O–H groups in total. The maximum atomic E-state index is 12.2. The average molecular weight is 371 g/mol. The lowest BCUT2D eigenvalue weighted by atomic mass is 9.99. The molecular formula is C21H29N3O3. The zero-order chi connectivity index (χ0) is 19.6. The lowest BCUT2D eigenvalue weighted by Crippen LogP contribution is -2.40. The first-order valence-electron chi connectivity index (χ1n) is 9.56. The molecule has 0 radical (unpaired) electrons. The minimum absolute atomic E-state index is 0.179. The van der Waals surface area contributed by atoms with Crippen LogP contribution in [-0.4, -0.2) is 54.2 Å². The topological polar surface area (TPSA) is 53.1 Å². The molecule has 1 aromatic carbocycles. The van der Waals surface area contributed by atoms with Gasteiger partial charge in [0.05, 0.1) is 5.69 Å². The van der Waals surface area contributed by atoms with Gasteiger partial charge in [0, 0.05) is 33.1 Å². The van der Waals surface area contributed by atoms with Crippen LogP contribution in [0.4, 0.5) is 10.5 Å². The molecule has 0 atom stereocenters. The second kappa shape index (κ2) is 7.62. The highest BCUT2D eigenvalue weighted by molar-refractivity contribution is 5.80. The van der Waals surface area contributed by atoms with Crippen molar-refractivity contribution in [3.8, 4) is 0 Å². The van der Waals surface area contributed by atoms with Crippen LogP contribution in [0.15, 0.2) is 30.3 Å². The van der Waals surface area contributed by atoms with Crippen molar-refractivity contribution in [2.75, 3.05) is 31.7 Å². The normalized spacial score (nSPS) is 17.8. The Morgan fingerprint density at radius 3 is 2.33 bits per heavy atom. The molecule has 2 aliphatic heterocycles. The summed E-state index contributed by atoms with van der Waals surface area (Å²) in [6, 6.07) is 8.26. The number of amides is 2. The fraction of sp³-hybridized carbons (Fsp3) is 0.524. The third kappa shape index (κ3) is 4.62. The SMILES string of the molecule is CN(c1ccc(C2=CCN(C(=O)OC(C)(C)C)CC2)cc1)N1CCCC1=O. The van der Waals surface area contributed by atoms with Crippen molar-refractivity contribution in [3.63, 3.8) is 0 Å². The molecular weight excluding hydrogens is 342 g/mol. The number of ether oxygens (including phenoxy) is 1. The predicted molar refractivity (Wildman–Crippen MR) is 106 cm³/mol. The van der Waals surface area contributed by atoms with Crippen LogP contribution in [0.2, 0.25) is 0 Å². The van der Waals surface area contributed by atoms with Crippen molar-refractivity contribution in [1.82, 2.24) is 9.91 Å². The molecule has 6 nitrogen and oxygen atoms in total. The smallest absolute Gasteiger partial charge is 0.410 e. The van der Waals surface area contributed by atoms with Gasteiger partial charge in [0.25, 0.3) is 0 Å². The monoisotopic (exact) mass is 371 g/mol. The highest BCUT2D eigenvalue weighted by atomic mass is 16.6. The summed E-state index contributed by atoms with van der Waals surface area (Å²) in [7, 11) is 1.93. The molecule has 0 aliphatic carbocycles. The second-order valence-electron chi connectivity index (χ2n) is 8.10. The minimum atomic E-state index is -0.473. The van der Waals surface area contributed by atoms with Crippen molar-refractivity contribution < 1.29 is 14.3 Å². The molecule has 1 aromatic rings. The van der Waals surface area contributed by atoms with Crippen molar-refractivity contribution in [1.29, 1.82) is 0 Å². The van der Waals surface area contributed by atoms with Crippen molar-refractivity contribution in [2.24, 2.45) is 0 Å². The Hall–Kier alpha value is -2.50. The molecule has 0 spiro atoms. The first kappa shape index (κ1) is 19.3. The molecule has 0 bridgehead atoms. The van der Waals surface area contributed by atoms with Crippen molar-refractivity contribution in [3.05, 3.63) is 35.9 Å². The lowest BCUT2D eigenvalue weighted by Gasteiger charge is -2.30. The van der Waals surface area contributed by atoms with Gasteiger partial charge in [-0.15, -0.1) is 0 Å². The van der Waals surface area contributed by atoms with E-state index >= 15 is 0 Å². The van der Waals surface area contributed by atoms with Crippen LogP contribution in [0.5, 0.6) is 0 Å². The van der Waals surface area contributed by atoms with Gasteiger partial charge in [-0.3, -0.25) is 14.8 Å². The summed E-state index contributed by atoms with van der Waals surface area (Å²) < 4.78 is 5.44. The highest BCUT2D eigenvalue weighted by Crippen LogP contribution is 2.26. The quantitative estimate of drug-likeness (QED) is 0.813. The molecule has 146 valence electrons. The predicted octanol–water partition coefficient (Wildman–Crippen LogP) is 3.68. The highest BCUT2D eigenvalue weighted by Gasteiger charge is 2.25. The Labute approximate surface area is 161 Å². The van der Waals surface area contributed by atoms with Gasteiger partial charge in [0.1, 0.15) is 5.60 Å². The Morgan fingerprint density at radius 2 is 1.81 bits per heavy atom. The van der Waals surface area contributed by atoms with E-state index in [0.717, 1.165) is 30.6 Å². The Balaban J connectivity index is 1.62. The van der Waals surface area contributed by atoms with Gasteiger partial charge in [-0.1, -0.05) is 18.2 Å². The molecule has 0 aromatic heterocycles. The van der Waals surface area contributed by atoms with E-state index in [4.69, 9.17) is 4.74 Å². The summed E-state index contributed by atoms with van der Waals surface area (Å²) >= 11 is 0. The Morgan fingerprint density at radius 1 is 1.11 bits per heavy atom. The van der Waals surface area contributed by atoms with E-state index in [1.807, 2.05) is 45.0 Å². The molecule has 2 amide bonds. The van der Waals surface area contributed by atoms with Gasteiger partial charge in [-0.05, 0) is 56.9 Å². The van der Waals surface area contributed by atoms with Crippen LogP contribution in [0.25, 0.3) is 5.57 Å². The number of anilines is 1. The molecule has 0 saturated carbocycles. The Kier molecular flexibility index (Phi) is 5.44. The third-order valence-electron chi connectivity index (χ3n) is 4.88. The summed E-state index contributed by atoms with van der Waals surface area (Å²) in [4.78, 5) is 25.8. The van der Waals surface area contributed by atoms with E-state index in [1.54, 1.807) is 9.91 Å². The number of hydrogen-bond acceptors (Lipinski definition) is 4. The molecule has 0 unspecified atom stereocenters. The van der Waals surface area contributed by atoms with E-state index in [-0.39, 0.29) is 12.0 Å². The molecule has 6 heteroatoms. The van der Waals surface area contributed by atoms with E-state index in [0.29, 0.717) is 19.5 Å². The van der Waals surface area contributed by atoms with E-state index in [9.17, 15) is 9.59 Å². The standard InChI is InChI=1S/C21H29N3O3/c1-21(2,3)27-20(26)23-14-11-17(12-15-23)16-7-9-18(10-8-16)22(4)24-13-5-6-19(24)25/h7-11H,5-6,12-15H2,1-4H3.